The number of hydrogen-bond donors (Lipinski definition) is 1. The molecule has 6 nitrogen and oxygen atoms in total. The number of rotatable bonds is 4. The van der Waals surface area contributed by atoms with Crippen LogP contribution in [0.15, 0.2) is 10.6 Å². The lowest BCUT2D eigenvalue weighted by Crippen LogP contribution is -2.36. The van der Waals surface area contributed by atoms with E-state index in [-0.39, 0.29) is 18.4 Å². The van der Waals surface area contributed by atoms with Crippen LogP contribution in [0, 0.1) is 12.3 Å². The van der Waals surface area contributed by atoms with Gasteiger partial charge in [0.05, 0.1) is 17.2 Å². The Bertz CT molecular complexity index is 521. The fraction of sp³-hybridized carbons (Fsp3) is 0.643. The van der Waals surface area contributed by atoms with Crippen LogP contribution in [0.4, 0.5) is 0 Å². The van der Waals surface area contributed by atoms with Crippen LogP contribution in [-0.4, -0.2) is 33.6 Å². The Morgan fingerprint density at radius 3 is 2.80 bits per heavy atom. The molecule has 2 heterocycles. The lowest BCUT2D eigenvalue weighted by atomic mass is 9.89. The molecule has 0 saturated carbocycles. The molecule has 20 heavy (non-hydrogen) atoms. The third kappa shape index (κ3) is 2.84. The first-order valence-electron chi connectivity index (χ1n) is 6.77. The van der Waals surface area contributed by atoms with Gasteiger partial charge in [-0.05, 0) is 33.6 Å². The van der Waals surface area contributed by atoms with Crippen molar-refractivity contribution in [3.63, 3.8) is 0 Å². The van der Waals surface area contributed by atoms with Gasteiger partial charge in [-0.1, -0.05) is 5.16 Å². The molecule has 2 rings (SSSR count). The summed E-state index contributed by atoms with van der Waals surface area (Å²) in [6, 6.07) is 1.71. The summed E-state index contributed by atoms with van der Waals surface area (Å²) in [6.45, 7) is 5.61. The van der Waals surface area contributed by atoms with Gasteiger partial charge in [0.1, 0.15) is 0 Å². The van der Waals surface area contributed by atoms with Gasteiger partial charge >= 0.3 is 5.97 Å². The summed E-state index contributed by atoms with van der Waals surface area (Å²) < 4.78 is 5.25. The first-order chi connectivity index (χ1) is 9.31. The maximum Gasteiger partial charge on any atom is 0.309 e. The fourth-order valence-corrected chi connectivity index (χ4v) is 2.46. The monoisotopic (exact) mass is 280 g/mol. The number of hydrogen-bond acceptors (Lipinski definition) is 4. The van der Waals surface area contributed by atoms with Gasteiger partial charge < -0.3 is 14.5 Å². The van der Waals surface area contributed by atoms with Gasteiger partial charge in [-0.15, -0.1) is 0 Å². The zero-order chi connectivity index (χ0) is 14.9. The quantitative estimate of drug-likeness (QED) is 0.913. The van der Waals surface area contributed by atoms with E-state index in [2.05, 4.69) is 5.16 Å². The van der Waals surface area contributed by atoms with Crippen molar-refractivity contribution in [3.8, 4) is 0 Å². The van der Waals surface area contributed by atoms with Crippen LogP contribution in [-0.2, 0) is 9.59 Å². The smallest absolute Gasteiger partial charge is 0.309 e. The van der Waals surface area contributed by atoms with E-state index in [1.807, 2.05) is 13.0 Å². The third-order valence-corrected chi connectivity index (χ3v) is 3.72. The highest BCUT2D eigenvalue weighted by molar-refractivity contribution is 5.84. The number of nitrogens with zero attached hydrogens (tertiary/aromatic N) is 2. The number of carbonyl (C=O) groups excluding carboxylic acids is 1. The average Bonchev–Trinajstić information content (AvgIpc) is 2.95. The molecule has 1 aromatic heterocycles. The van der Waals surface area contributed by atoms with E-state index in [1.165, 1.54) is 0 Å². The molecule has 1 amide bonds. The first-order valence-corrected chi connectivity index (χ1v) is 6.77. The summed E-state index contributed by atoms with van der Waals surface area (Å²) in [5, 5.41) is 13.0. The van der Waals surface area contributed by atoms with Crippen molar-refractivity contribution in [1.82, 2.24) is 10.1 Å². The Morgan fingerprint density at radius 2 is 2.25 bits per heavy atom. The van der Waals surface area contributed by atoms with E-state index in [4.69, 9.17) is 9.63 Å². The molecule has 0 bridgehead atoms. The number of aryl methyl sites for hydroxylation is 1. The van der Waals surface area contributed by atoms with Crippen LogP contribution in [0.5, 0.6) is 0 Å². The molecule has 0 radical (unpaired) electrons. The zero-order valence-corrected chi connectivity index (χ0v) is 12.0. The SMILES string of the molecule is Cc1cc(C2CCCN2C(=O)CC(C)(C)C(=O)O)on1. The third-order valence-electron chi connectivity index (χ3n) is 3.72. The highest BCUT2D eigenvalue weighted by Crippen LogP contribution is 2.34. The average molecular weight is 280 g/mol. The van der Waals surface area contributed by atoms with Crippen LogP contribution >= 0.6 is 0 Å². The van der Waals surface area contributed by atoms with Crippen LogP contribution < -0.4 is 0 Å². The summed E-state index contributed by atoms with van der Waals surface area (Å²) >= 11 is 0. The predicted octanol–water partition coefficient (Wildman–Crippen LogP) is 2.15. The van der Waals surface area contributed by atoms with Gasteiger partial charge in [0.2, 0.25) is 5.91 Å². The molecule has 0 aromatic carbocycles. The number of carboxylic acid groups (broad SMARTS) is 1. The topological polar surface area (TPSA) is 83.6 Å². The molecule has 1 atom stereocenters. The number of carbonyl (C=O) groups is 2. The van der Waals surface area contributed by atoms with Gasteiger partial charge in [-0.3, -0.25) is 9.59 Å². The maximum atomic E-state index is 12.4. The van der Waals surface area contributed by atoms with Gasteiger partial charge in [-0.25, -0.2) is 0 Å². The maximum absolute atomic E-state index is 12.4. The van der Waals surface area contributed by atoms with Gasteiger partial charge in [0, 0.05) is 19.0 Å². The molecule has 1 aliphatic rings. The number of likely N-dealkylation sites (tertiary alicyclic amines) is 1. The molecule has 1 aromatic rings. The molecule has 110 valence electrons. The Balaban J connectivity index is 2.11. The van der Waals surface area contributed by atoms with Gasteiger partial charge in [0.25, 0.3) is 0 Å². The molecule has 6 heteroatoms. The van der Waals surface area contributed by atoms with Crippen molar-refractivity contribution in [2.75, 3.05) is 6.54 Å². The Labute approximate surface area is 117 Å². The molecular formula is C14H20N2O4. The molecule has 0 spiro atoms. The largest absolute Gasteiger partial charge is 0.481 e. The Kier molecular flexibility index (Phi) is 3.83. The molecule has 1 unspecified atom stereocenters. The van der Waals surface area contributed by atoms with Crippen LogP contribution in [0.25, 0.3) is 0 Å². The van der Waals surface area contributed by atoms with E-state index < -0.39 is 11.4 Å². The van der Waals surface area contributed by atoms with Gasteiger partial charge in [0.15, 0.2) is 5.76 Å². The lowest BCUT2D eigenvalue weighted by molar-refractivity contribution is -0.151. The second-order valence-corrected chi connectivity index (χ2v) is 5.98. The minimum absolute atomic E-state index is 0.00798. The highest BCUT2D eigenvalue weighted by atomic mass is 16.5. The number of carboxylic acids is 1. The Hall–Kier alpha value is -1.85. The van der Waals surface area contributed by atoms with E-state index >= 15 is 0 Å². The molecule has 0 aliphatic carbocycles. The number of amides is 1. The van der Waals surface area contributed by atoms with Crippen molar-refractivity contribution >= 4 is 11.9 Å². The highest BCUT2D eigenvalue weighted by Gasteiger charge is 2.37. The molecular weight excluding hydrogens is 260 g/mol. The number of aliphatic carboxylic acids is 1. The van der Waals surface area contributed by atoms with Crippen molar-refractivity contribution in [1.29, 1.82) is 0 Å². The molecule has 1 fully saturated rings. The van der Waals surface area contributed by atoms with E-state index in [9.17, 15) is 9.59 Å². The summed E-state index contributed by atoms with van der Waals surface area (Å²) in [5.74, 6) is -0.424. The van der Waals surface area contributed by atoms with E-state index in [1.54, 1.807) is 18.7 Å². The standard InChI is InChI=1S/C14H20N2O4/c1-9-7-11(20-15-9)10-5-4-6-16(10)12(17)8-14(2,3)13(18)19/h7,10H,4-6,8H2,1-3H3,(H,18,19). The first kappa shape index (κ1) is 14.6. The summed E-state index contributed by atoms with van der Waals surface area (Å²) in [5.41, 5.74) is -0.271. The van der Waals surface area contributed by atoms with Crippen LogP contribution in [0.3, 0.4) is 0 Å². The second-order valence-electron chi connectivity index (χ2n) is 5.98. The normalized spacial score (nSPS) is 19.4. The molecule has 1 saturated heterocycles. The minimum Gasteiger partial charge on any atom is -0.481 e. The van der Waals surface area contributed by atoms with Gasteiger partial charge in [-0.2, -0.15) is 0 Å². The molecule has 1 N–H and O–H groups in total. The van der Waals surface area contributed by atoms with Crippen molar-refractivity contribution in [2.45, 2.75) is 46.1 Å². The van der Waals surface area contributed by atoms with Crippen LogP contribution in [0.2, 0.25) is 0 Å². The predicted molar refractivity (Wildman–Crippen MR) is 71.0 cm³/mol. The van der Waals surface area contributed by atoms with Crippen molar-refractivity contribution < 1.29 is 19.2 Å². The zero-order valence-electron chi connectivity index (χ0n) is 12.0. The summed E-state index contributed by atoms with van der Waals surface area (Å²) in [6.07, 6.45) is 1.71. The lowest BCUT2D eigenvalue weighted by Gasteiger charge is -2.26. The van der Waals surface area contributed by atoms with Crippen molar-refractivity contribution in [2.24, 2.45) is 5.41 Å². The number of aromatic nitrogens is 1. The minimum atomic E-state index is -1.05. The van der Waals surface area contributed by atoms with Crippen LogP contribution in [0.1, 0.15) is 50.6 Å². The fourth-order valence-electron chi connectivity index (χ4n) is 2.46. The van der Waals surface area contributed by atoms with E-state index in [0.717, 1.165) is 18.5 Å². The molecule has 1 aliphatic heterocycles. The Morgan fingerprint density at radius 1 is 1.55 bits per heavy atom. The summed E-state index contributed by atoms with van der Waals surface area (Å²) in [4.78, 5) is 25.2. The second kappa shape index (κ2) is 5.26. The van der Waals surface area contributed by atoms with E-state index in [0.29, 0.717) is 12.3 Å². The van der Waals surface area contributed by atoms with Crippen molar-refractivity contribution in [3.05, 3.63) is 17.5 Å². The summed E-state index contributed by atoms with van der Waals surface area (Å²) in [7, 11) is 0.